The van der Waals surface area contributed by atoms with E-state index in [9.17, 15) is 9.90 Å². The number of carbonyl (C=O) groups is 1. The lowest BCUT2D eigenvalue weighted by Gasteiger charge is -2.16. The zero-order valence-electron chi connectivity index (χ0n) is 16.0. The number of ketones is 1. The Kier molecular flexibility index (Phi) is 10.1. The second-order valence-electron chi connectivity index (χ2n) is 6.26. The highest BCUT2D eigenvalue weighted by atomic mass is 16.5. The zero-order valence-corrected chi connectivity index (χ0v) is 16.0. The fourth-order valence-electron chi connectivity index (χ4n) is 2.67. The number of nitrogens with one attached hydrogen (secondary N) is 1. The van der Waals surface area contributed by atoms with Crippen molar-refractivity contribution in [3.63, 3.8) is 0 Å². The Morgan fingerprint density at radius 2 is 2.00 bits per heavy atom. The van der Waals surface area contributed by atoms with Crippen LogP contribution in [0.3, 0.4) is 0 Å². The highest BCUT2D eigenvalue weighted by molar-refractivity contribution is 5.94. The van der Waals surface area contributed by atoms with Gasteiger partial charge in [-0.05, 0) is 39.0 Å². The standard InChI is InChI=1S/C19H32N2O4/c1-5-21(6-2)11-7-10-20-13-17(23)14-25-18-9-8-16(15(3)22)12-19(18)24-4/h8-9,12,17,20,23H,5-7,10-11,13-14H2,1-4H3/p+2/t17-/m1/s1. The minimum absolute atomic E-state index is 0.0222. The Bertz CT molecular complexity index is 518. The molecule has 0 saturated heterocycles. The highest BCUT2D eigenvalue weighted by Gasteiger charge is 2.12. The topological polar surface area (TPSA) is 76.8 Å². The summed E-state index contributed by atoms with van der Waals surface area (Å²) in [7, 11) is 1.54. The summed E-state index contributed by atoms with van der Waals surface area (Å²) >= 11 is 0. The molecule has 0 heterocycles. The number of aliphatic hydroxyl groups is 1. The molecule has 0 aromatic heterocycles. The zero-order chi connectivity index (χ0) is 18.7. The molecule has 6 nitrogen and oxygen atoms in total. The average Bonchev–Trinajstić information content (AvgIpc) is 2.62. The third-order valence-corrected chi connectivity index (χ3v) is 4.38. The first-order valence-electron chi connectivity index (χ1n) is 9.16. The van der Waals surface area contributed by atoms with Crippen molar-refractivity contribution in [2.45, 2.75) is 33.3 Å². The van der Waals surface area contributed by atoms with Crippen LogP contribution in [0.1, 0.15) is 37.6 Å². The molecular formula is C19H34N2O4+2. The summed E-state index contributed by atoms with van der Waals surface area (Å²) in [6, 6.07) is 5.07. The summed E-state index contributed by atoms with van der Waals surface area (Å²) in [5.74, 6) is 1.02. The summed E-state index contributed by atoms with van der Waals surface area (Å²) in [5.41, 5.74) is 0.577. The van der Waals surface area contributed by atoms with E-state index in [-0.39, 0.29) is 12.4 Å². The second-order valence-corrected chi connectivity index (χ2v) is 6.26. The van der Waals surface area contributed by atoms with Crippen molar-refractivity contribution in [1.29, 1.82) is 0 Å². The first kappa shape index (κ1) is 21.4. The number of nitrogens with two attached hydrogens (primary N) is 1. The molecule has 1 aromatic carbocycles. The molecule has 0 aliphatic rings. The van der Waals surface area contributed by atoms with E-state index in [1.165, 1.54) is 20.6 Å². The number of Topliss-reactive ketones (excluding diaryl/α,β-unsaturated/α-hetero) is 1. The first-order valence-corrected chi connectivity index (χ1v) is 9.16. The summed E-state index contributed by atoms with van der Waals surface area (Å²) in [4.78, 5) is 13.0. The Balaban J connectivity index is 2.32. The van der Waals surface area contributed by atoms with Crippen molar-refractivity contribution in [2.24, 2.45) is 0 Å². The van der Waals surface area contributed by atoms with Crippen LogP contribution in [0, 0.1) is 0 Å². The first-order chi connectivity index (χ1) is 12.0. The number of rotatable bonds is 13. The van der Waals surface area contributed by atoms with Gasteiger partial charge in [0.05, 0.1) is 33.3 Å². The summed E-state index contributed by atoms with van der Waals surface area (Å²) in [6.45, 7) is 11.3. The number of methoxy groups -OCH3 is 1. The molecule has 142 valence electrons. The van der Waals surface area contributed by atoms with Crippen molar-refractivity contribution >= 4 is 5.78 Å². The van der Waals surface area contributed by atoms with Crippen LogP contribution in [-0.4, -0.2) is 63.4 Å². The van der Waals surface area contributed by atoms with Crippen LogP contribution in [0.25, 0.3) is 0 Å². The minimum Gasteiger partial charge on any atom is -0.493 e. The maximum absolute atomic E-state index is 11.4. The maximum Gasteiger partial charge on any atom is 0.161 e. The van der Waals surface area contributed by atoms with E-state index < -0.39 is 6.10 Å². The van der Waals surface area contributed by atoms with Gasteiger partial charge in [-0.3, -0.25) is 4.79 Å². The van der Waals surface area contributed by atoms with Gasteiger partial charge in [0.1, 0.15) is 19.3 Å². The van der Waals surface area contributed by atoms with Gasteiger partial charge in [0.15, 0.2) is 17.3 Å². The van der Waals surface area contributed by atoms with Gasteiger partial charge in [-0.25, -0.2) is 0 Å². The molecule has 0 aliphatic heterocycles. The van der Waals surface area contributed by atoms with Gasteiger partial charge in [-0.2, -0.15) is 0 Å². The normalized spacial score (nSPS) is 12.2. The molecule has 25 heavy (non-hydrogen) atoms. The Morgan fingerprint density at radius 3 is 2.60 bits per heavy atom. The predicted molar refractivity (Wildman–Crippen MR) is 97.7 cm³/mol. The van der Waals surface area contributed by atoms with E-state index in [1.54, 1.807) is 23.1 Å². The van der Waals surface area contributed by atoms with Crippen molar-refractivity contribution in [3.8, 4) is 11.5 Å². The fraction of sp³-hybridized carbons (Fsp3) is 0.632. The van der Waals surface area contributed by atoms with Crippen molar-refractivity contribution in [3.05, 3.63) is 23.8 Å². The van der Waals surface area contributed by atoms with Crippen molar-refractivity contribution < 1.29 is 29.6 Å². The van der Waals surface area contributed by atoms with Gasteiger partial charge >= 0.3 is 0 Å². The smallest absolute Gasteiger partial charge is 0.161 e. The Labute approximate surface area is 151 Å². The van der Waals surface area contributed by atoms with Gasteiger partial charge in [0, 0.05) is 12.0 Å². The monoisotopic (exact) mass is 354 g/mol. The molecule has 0 unspecified atom stereocenters. The van der Waals surface area contributed by atoms with Crippen LogP contribution in [0.2, 0.25) is 0 Å². The Morgan fingerprint density at radius 1 is 1.28 bits per heavy atom. The van der Waals surface area contributed by atoms with Gasteiger partial charge in [0.25, 0.3) is 0 Å². The lowest BCUT2D eigenvalue weighted by atomic mass is 10.1. The van der Waals surface area contributed by atoms with E-state index in [2.05, 4.69) is 19.2 Å². The number of carbonyl (C=O) groups excluding carboxylic acids is 1. The molecule has 6 heteroatoms. The van der Waals surface area contributed by atoms with Crippen LogP contribution in [0.5, 0.6) is 11.5 Å². The van der Waals surface area contributed by atoms with E-state index in [0.29, 0.717) is 23.6 Å². The number of ether oxygens (including phenoxy) is 2. The van der Waals surface area contributed by atoms with Crippen molar-refractivity contribution in [2.75, 3.05) is 46.4 Å². The van der Waals surface area contributed by atoms with E-state index in [4.69, 9.17) is 9.47 Å². The van der Waals surface area contributed by atoms with Crippen LogP contribution < -0.4 is 19.7 Å². The van der Waals surface area contributed by atoms with Crippen LogP contribution in [-0.2, 0) is 0 Å². The number of aliphatic hydroxyl groups excluding tert-OH is 1. The van der Waals surface area contributed by atoms with E-state index in [0.717, 1.165) is 26.1 Å². The average molecular weight is 354 g/mol. The minimum atomic E-state index is -0.544. The van der Waals surface area contributed by atoms with Gasteiger partial charge in [-0.15, -0.1) is 0 Å². The van der Waals surface area contributed by atoms with E-state index in [1.807, 2.05) is 0 Å². The van der Waals surface area contributed by atoms with Gasteiger partial charge in [0.2, 0.25) is 0 Å². The van der Waals surface area contributed by atoms with Gasteiger partial charge < -0.3 is 24.8 Å². The SMILES string of the molecule is CC[NH+](CC)CCC[NH2+]C[C@@H](O)COc1ccc(C(C)=O)cc1OC. The summed E-state index contributed by atoms with van der Waals surface area (Å²) < 4.78 is 10.9. The van der Waals surface area contributed by atoms with Crippen LogP contribution in [0.4, 0.5) is 0 Å². The van der Waals surface area contributed by atoms with E-state index >= 15 is 0 Å². The lowest BCUT2D eigenvalue weighted by Crippen LogP contribution is -3.11. The molecule has 0 radical (unpaired) electrons. The largest absolute Gasteiger partial charge is 0.493 e. The molecule has 0 saturated carbocycles. The maximum atomic E-state index is 11.4. The molecule has 4 N–H and O–H groups in total. The van der Waals surface area contributed by atoms with Gasteiger partial charge in [-0.1, -0.05) is 0 Å². The molecule has 0 bridgehead atoms. The fourth-order valence-corrected chi connectivity index (χ4v) is 2.67. The highest BCUT2D eigenvalue weighted by Crippen LogP contribution is 2.28. The third kappa shape index (κ3) is 7.86. The summed E-state index contributed by atoms with van der Waals surface area (Å²) in [6.07, 6.45) is 0.600. The second kappa shape index (κ2) is 11.8. The molecule has 0 spiro atoms. The summed E-state index contributed by atoms with van der Waals surface area (Å²) in [5, 5.41) is 12.2. The number of hydrogen-bond acceptors (Lipinski definition) is 4. The number of quaternary nitrogens is 2. The van der Waals surface area contributed by atoms with Crippen LogP contribution in [0.15, 0.2) is 18.2 Å². The number of hydrogen-bond donors (Lipinski definition) is 3. The molecule has 0 amide bonds. The third-order valence-electron chi connectivity index (χ3n) is 4.38. The van der Waals surface area contributed by atoms with Crippen molar-refractivity contribution in [1.82, 2.24) is 0 Å². The Hall–Kier alpha value is -1.63. The molecular weight excluding hydrogens is 320 g/mol. The number of benzene rings is 1. The molecule has 0 fully saturated rings. The molecule has 0 aliphatic carbocycles. The molecule has 1 aromatic rings. The molecule has 1 rings (SSSR count). The predicted octanol–water partition coefficient (Wildman–Crippen LogP) is -0.484. The quantitative estimate of drug-likeness (QED) is 0.330. The molecule has 1 atom stereocenters. The van der Waals surface area contributed by atoms with Crippen LogP contribution >= 0.6 is 0 Å². The lowest BCUT2D eigenvalue weighted by molar-refractivity contribution is -0.898.